The van der Waals surface area contributed by atoms with E-state index >= 15 is 0 Å². The summed E-state index contributed by atoms with van der Waals surface area (Å²) in [5, 5.41) is 0. The summed E-state index contributed by atoms with van der Waals surface area (Å²) >= 11 is 0. The zero-order valence-electron chi connectivity index (χ0n) is 12.6. The zero-order chi connectivity index (χ0) is 13.4. The van der Waals surface area contributed by atoms with Crippen LogP contribution >= 0.6 is 24.0 Å². The smallest absolute Gasteiger partial charge is 0.191 e. The van der Waals surface area contributed by atoms with E-state index in [1.54, 1.807) is 7.11 Å². The molecule has 1 aliphatic heterocycles. The molecule has 0 aromatic carbocycles. The number of guanidine groups is 1. The summed E-state index contributed by atoms with van der Waals surface area (Å²) in [5.74, 6) is 0.728. The van der Waals surface area contributed by atoms with Crippen LogP contribution in [0.1, 0.15) is 46.5 Å². The average molecular weight is 381 g/mol. The molecule has 1 saturated heterocycles. The number of halogens is 1. The van der Waals surface area contributed by atoms with Crippen LogP contribution < -0.4 is 5.73 Å². The molecule has 19 heavy (non-hydrogen) atoms. The predicted octanol–water partition coefficient (Wildman–Crippen LogP) is 2.61. The molecule has 0 spiro atoms. The standard InChI is InChI=1S/C14H27N3O.HI/c1-13(2)11(10-14(13,3)18-4)16-12(15)17-8-6-5-7-9-17;/h11H,5-10H2,1-4H3,(H2,15,16);1H. The van der Waals surface area contributed by atoms with Crippen LogP contribution in [0.2, 0.25) is 0 Å². The fourth-order valence-electron chi connectivity index (χ4n) is 3.03. The Morgan fingerprint density at radius 2 is 1.79 bits per heavy atom. The highest BCUT2D eigenvalue weighted by atomic mass is 127. The van der Waals surface area contributed by atoms with Crippen molar-refractivity contribution in [2.75, 3.05) is 20.2 Å². The molecule has 112 valence electrons. The topological polar surface area (TPSA) is 50.9 Å². The summed E-state index contributed by atoms with van der Waals surface area (Å²) in [5.41, 5.74) is 6.14. The number of ether oxygens (including phenoxy) is 1. The first-order chi connectivity index (χ1) is 8.40. The fraction of sp³-hybridized carbons (Fsp3) is 0.929. The Morgan fingerprint density at radius 1 is 1.21 bits per heavy atom. The third-order valence-electron chi connectivity index (χ3n) is 5.20. The predicted molar refractivity (Wildman–Crippen MR) is 90.1 cm³/mol. The van der Waals surface area contributed by atoms with E-state index in [1.165, 1.54) is 19.3 Å². The van der Waals surface area contributed by atoms with Crippen LogP contribution in [-0.4, -0.2) is 42.7 Å². The summed E-state index contributed by atoms with van der Waals surface area (Å²) in [4.78, 5) is 6.97. The first kappa shape index (κ1) is 17.0. The molecule has 0 aromatic heterocycles. The van der Waals surface area contributed by atoms with Gasteiger partial charge < -0.3 is 15.4 Å². The molecule has 0 radical (unpaired) electrons. The highest BCUT2D eigenvalue weighted by Crippen LogP contribution is 2.53. The largest absolute Gasteiger partial charge is 0.378 e. The molecule has 2 atom stereocenters. The lowest BCUT2D eigenvalue weighted by Gasteiger charge is -2.57. The summed E-state index contributed by atoms with van der Waals surface area (Å²) in [6, 6.07) is 0.282. The molecular weight excluding hydrogens is 353 g/mol. The van der Waals surface area contributed by atoms with Crippen LogP contribution in [0, 0.1) is 5.41 Å². The van der Waals surface area contributed by atoms with Crippen molar-refractivity contribution in [2.24, 2.45) is 16.1 Å². The van der Waals surface area contributed by atoms with Gasteiger partial charge in [0.15, 0.2) is 5.96 Å². The van der Waals surface area contributed by atoms with E-state index in [0.29, 0.717) is 0 Å². The molecule has 5 heteroatoms. The van der Waals surface area contributed by atoms with Gasteiger partial charge in [-0.05, 0) is 32.6 Å². The maximum atomic E-state index is 6.15. The molecular formula is C14H28IN3O. The van der Waals surface area contributed by atoms with Gasteiger partial charge in [-0.2, -0.15) is 0 Å². The van der Waals surface area contributed by atoms with Crippen LogP contribution in [-0.2, 0) is 4.74 Å². The van der Waals surface area contributed by atoms with Gasteiger partial charge in [0, 0.05) is 25.6 Å². The van der Waals surface area contributed by atoms with Gasteiger partial charge in [-0.25, -0.2) is 4.99 Å². The molecule has 0 bridgehead atoms. The molecule has 2 unspecified atom stereocenters. The van der Waals surface area contributed by atoms with E-state index < -0.39 is 0 Å². The van der Waals surface area contributed by atoms with Gasteiger partial charge in [0.05, 0.1) is 11.6 Å². The average Bonchev–Trinajstić information content (AvgIpc) is 2.38. The van der Waals surface area contributed by atoms with Crippen molar-refractivity contribution >= 4 is 29.9 Å². The van der Waals surface area contributed by atoms with Crippen molar-refractivity contribution in [3.63, 3.8) is 0 Å². The molecule has 2 fully saturated rings. The number of hydrogen-bond donors (Lipinski definition) is 1. The number of rotatable bonds is 2. The first-order valence-corrected chi connectivity index (χ1v) is 7.04. The molecule has 0 amide bonds. The molecule has 4 nitrogen and oxygen atoms in total. The molecule has 2 N–H and O–H groups in total. The van der Waals surface area contributed by atoms with E-state index in [2.05, 4.69) is 25.7 Å². The summed E-state index contributed by atoms with van der Waals surface area (Å²) in [7, 11) is 1.79. The first-order valence-electron chi connectivity index (χ1n) is 7.04. The number of likely N-dealkylation sites (tertiary alicyclic amines) is 1. The number of piperidine rings is 1. The van der Waals surface area contributed by atoms with Crippen molar-refractivity contribution < 1.29 is 4.74 Å². The van der Waals surface area contributed by atoms with E-state index in [0.717, 1.165) is 25.5 Å². The van der Waals surface area contributed by atoms with Crippen molar-refractivity contribution in [3.8, 4) is 0 Å². The Hall–Kier alpha value is -0.0400. The van der Waals surface area contributed by atoms with Gasteiger partial charge in [0.2, 0.25) is 0 Å². The maximum absolute atomic E-state index is 6.15. The Kier molecular flexibility index (Phi) is 5.52. The van der Waals surface area contributed by atoms with Gasteiger partial charge in [0.1, 0.15) is 0 Å². The maximum Gasteiger partial charge on any atom is 0.191 e. The van der Waals surface area contributed by atoms with Crippen molar-refractivity contribution in [1.82, 2.24) is 4.90 Å². The summed E-state index contributed by atoms with van der Waals surface area (Å²) in [6.45, 7) is 8.72. The van der Waals surface area contributed by atoms with Gasteiger partial charge in [0.25, 0.3) is 0 Å². The van der Waals surface area contributed by atoms with Gasteiger partial charge in [-0.3, -0.25) is 0 Å². The third kappa shape index (κ3) is 3.01. The fourth-order valence-corrected chi connectivity index (χ4v) is 3.03. The SMILES string of the molecule is COC1(C)CC(N=C(N)N2CCCCC2)C1(C)C.I. The molecule has 2 aliphatic rings. The molecule has 0 aromatic rings. The number of nitrogens with two attached hydrogens (primary N) is 1. The Balaban J connectivity index is 0.00000180. The quantitative estimate of drug-likeness (QED) is 0.455. The van der Waals surface area contributed by atoms with E-state index in [1.807, 2.05) is 0 Å². The zero-order valence-corrected chi connectivity index (χ0v) is 14.9. The van der Waals surface area contributed by atoms with Crippen LogP contribution in [0.25, 0.3) is 0 Å². The highest BCUT2D eigenvalue weighted by molar-refractivity contribution is 14.0. The normalized spacial score (nSPS) is 34.4. The number of methoxy groups -OCH3 is 1. The Morgan fingerprint density at radius 3 is 2.26 bits per heavy atom. The van der Waals surface area contributed by atoms with Gasteiger partial charge >= 0.3 is 0 Å². The van der Waals surface area contributed by atoms with Crippen LogP contribution in [0.5, 0.6) is 0 Å². The van der Waals surface area contributed by atoms with E-state index in [4.69, 9.17) is 15.5 Å². The molecule has 1 saturated carbocycles. The van der Waals surface area contributed by atoms with Crippen molar-refractivity contribution in [1.29, 1.82) is 0 Å². The van der Waals surface area contributed by atoms with Crippen LogP contribution in [0.15, 0.2) is 4.99 Å². The second-order valence-electron chi connectivity index (χ2n) is 6.41. The van der Waals surface area contributed by atoms with E-state index in [-0.39, 0.29) is 41.0 Å². The van der Waals surface area contributed by atoms with E-state index in [9.17, 15) is 0 Å². The van der Waals surface area contributed by atoms with Gasteiger partial charge in [-0.15, -0.1) is 24.0 Å². The lowest BCUT2D eigenvalue weighted by molar-refractivity contribution is -0.171. The second kappa shape index (κ2) is 6.16. The van der Waals surface area contributed by atoms with Gasteiger partial charge in [-0.1, -0.05) is 13.8 Å². The van der Waals surface area contributed by atoms with Crippen molar-refractivity contribution in [2.45, 2.75) is 58.1 Å². The minimum atomic E-state index is -0.0661. The Labute approximate surface area is 134 Å². The third-order valence-corrected chi connectivity index (χ3v) is 5.20. The van der Waals surface area contributed by atoms with Crippen LogP contribution in [0.4, 0.5) is 0 Å². The number of hydrogen-bond acceptors (Lipinski definition) is 2. The Bertz CT molecular complexity index is 340. The summed E-state index contributed by atoms with van der Waals surface area (Å²) < 4.78 is 5.62. The number of nitrogens with zero attached hydrogens (tertiary/aromatic N) is 2. The minimum Gasteiger partial charge on any atom is -0.378 e. The lowest BCUT2D eigenvalue weighted by atomic mass is 9.56. The molecule has 1 aliphatic carbocycles. The van der Waals surface area contributed by atoms with Crippen molar-refractivity contribution in [3.05, 3.63) is 0 Å². The highest BCUT2D eigenvalue weighted by Gasteiger charge is 2.58. The second-order valence-corrected chi connectivity index (χ2v) is 6.41. The monoisotopic (exact) mass is 381 g/mol. The molecule has 1 heterocycles. The number of aliphatic imine (C=N–C) groups is 1. The van der Waals surface area contributed by atoms with Crippen LogP contribution in [0.3, 0.4) is 0 Å². The molecule has 2 rings (SSSR count). The summed E-state index contributed by atoms with van der Waals surface area (Å²) in [6.07, 6.45) is 4.76. The lowest BCUT2D eigenvalue weighted by Crippen LogP contribution is -2.63. The minimum absolute atomic E-state index is 0.